The van der Waals surface area contributed by atoms with Crippen LogP contribution in [-0.2, 0) is 0 Å². The van der Waals surface area contributed by atoms with Gasteiger partial charge in [0, 0.05) is 36.3 Å². The van der Waals surface area contributed by atoms with E-state index in [9.17, 15) is 4.79 Å². The fourth-order valence-electron chi connectivity index (χ4n) is 3.59. The molecule has 0 aliphatic carbocycles. The number of nitrogens with one attached hydrogen (secondary N) is 2. The Hall–Kier alpha value is -3.19. The molecule has 1 aliphatic heterocycles. The van der Waals surface area contributed by atoms with Crippen LogP contribution in [0.15, 0.2) is 48.5 Å². The van der Waals surface area contributed by atoms with E-state index < -0.39 is 0 Å². The predicted molar refractivity (Wildman–Crippen MR) is 117 cm³/mol. The number of aromatic nitrogens is 2. The largest absolute Gasteiger partial charge is 0.497 e. The van der Waals surface area contributed by atoms with Crippen molar-refractivity contribution in [3.63, 3.8) is 0 Å². The molecule has 1 aromatic heterocycles. The quantitative estimate of drug-likeness (QED) is 0.627. The first-order valence-corrected chi connectivity index (χ1v) is 10.0. The van der Waals surface area contributed by atoms with Crippen LogP contribution in [0.5, 0.6) is 11.5 Å². The van der Waals surface area contributed by atoms with Crippen molar-refractivity contribution < 1.29 is 14.3 Å². The maximum absolute atomic E-state index is 12.8. The second kappa shape index (κ2) is 8.67. The number of rotatable bonds is 6. The Labute approximate surface area is 179 Å². The molecule has 1 fully saturated rings. The number of halogens is 1. The first kappa shape index (κ1) is 20.1. The van der Waals surface area contributed by atoms with Crippen molar-refractivity contribution in [2.45, 2.75) is 12.5 Å². The zero-order chi connectivity index (χ0) is 21.1. The number of anilines is 1. The van der Waals surface area contributed by atoms with Gasteiger partial charge in [-0.25, -0.2) is 0 Å². The van der Waals surface area contributed by atoms with Gasteiger partial charge in [-0.15, -0.1) is 0 Å². The van der Waals surface area contributed by atoms with Gasteiger partial charge in [-0.3, -0.25) is 9.89 Å². The summed E-state index contributed by atoms with van der Waals surface area (Å²) in [5, 5.41) is 11.3. The highest BCUT2D eigenvalue weighted by Crippen LogP contribution is 2.27. The molecule has 1 amide bonds. The van der Waals surface area contributed by atoms with Gasteiger partial charge in [-0.1, -0.05) is 23.7 Å². The molecular weight excluding hydrogens is 404 g/mol. The minimum atomic E-state index is -0.162. The van der Waals surface area contributed by atoms with E-state index in [0.29, 0.717) is 28.6 Å². The number of ether oxygens (including phenoxy) is 2. The van der Waals surface area contributed by atoms with E-state index in [0.717, 1.165) is 30.0 Å². The molecule has 1 atom stereocenters. The topological polar surface area (TPSA) is 79.5 Å². The van der Waals surface area contributed by atoms with E-state index in [2.05, 4.69) is 20.4 Å². The molecule has 7 nitrogen and oxygen atoms in total. The van der Waals surface area contributed by atoms with Crippen molar-refractivity contribution in [1.82, 2.24) is 15.5 Å². The monoisotopic (exact) mass is 426 g/mol. The second-order valence-electron chi connectivity index (χ2n) is 7.12. The minimum Gasteiger partial charge on any atom is -0.497 e. The molecule has 0 radical (unpaired) electrons. The maximum Gasteiger partial charge on any atom is 0.255 e. The van der Waals surface area contributed by atoms with E-state index in [1.807, 2.05) is 30.3 Å². The molecule has 0 saturated carbocycles. The summed E-state index contributed by atoms with van der Waals surface area (Å²) >= 11 is 5.96. The third-order valence-corrected chi connectivity index (χ3v) is 5.47. The average Bonchev–Trinajstić information content (AvgIpc) is 3.43. The van der Waals surface area contributed by atoms with Crippen LogP contribution in [0.1, 0.15) is 16.8 Å². The fraction of sp³-hybridized carbons (Fsp3) is 0.273. The molecule has 2 heterocycles. The molecule has 0 bridgehead atoms. The number of amides is 1. The molecule has 2 aromatic carbocycles. The lowest BCUT2D eigenvalue weighted by Crippen LogP contribution is -2.37. The van der Waals surface area contributed by atoms with E-state index in [1.54, 1.807) is 32.4 Å². The van der Waals surface area contributed by atoms with Gasteiger partial charge in [-0.05, 0) is 36.2 Å². The standard InChI is InChI=1S/C22H23ClN4O3/c1-29-17-7-8-18(20(11-17)30-2)22(28)24-16-9-10-27(13-16)21-12-19(25-26-21)14-3-5-15(23)6-4-14/h3-8,11-12,16H,9-10,13H2,1-2H3,(H,24,28)(H,25,26)/t16-/m0/s1. The molecule has 30 heavy (non-hydrogen) atoms. The summed E-state index contributed by atoms with van der Waals surface area (Å²) in [6, 6.07) is 14.8. The van der Waals surface area contributed by atoms with E-state index in [-0.39, 0.29) is 11.9 Å². The van der Waals surface area contributed by atoms with E-state index in [1.165, 1.54) is 0 Å². The van der Waals surface area contributed by atoms with Crippen molar-refractivity contribution in [1.29, 1.82) is 0 Å². The summed E-state index contributed by atoms with van der Waals surface area (Å²) in [6.45, 7) is 1.50. The highest BCUT2D eigenvalue weighted by molar-refractivity contribution is 6.30. The summed E-state index contributed by atoms with van der Waals surface area (Å²) in [5.41, 5.74) is 2.44. The number of H-pyrrole nitrogens is 1. The third kappa shape index (κ3) is 4.21. The molecule has 0 spiro atoms. The number of carbonyl (C=O) groups excluding carboxylic acids is 1. The lowest BCUT2D eigenvalue weighted by Gasteiger charge is -2.17. The molecule has 0 unspecified atom stereocenters. The summed E-state index contributed by atoms with van der Waals surface area (Å²) in [4.78, 5) is 14.9. The molecular formula is C22H23ClN4O3. The Bertz CT molecular complexity index is 1040. The number of hydrogen-bond donors (Lipinski definition) is 2. The minimum absolute atomic E-state index is 0.0278. The molecule has 1 saturated heterocycles. The number of carbonyl (C=O) groups is 1. The van der Waals surface area contributed by atoms with Gasteiger partial charge < -0.3 is 19.7 Å². The molecule has 3 aromatic rings. The number of methoxy groups -OCH3 is 2. The van der Waals surface area contributed by atoms with Crippen molar-refractivity contribution in [2.24, 2.45) is 0 Å². The van der Waals surface area contributed by atoms with Gasteiger partial charge in [-0.2, -0.15) is 5.10 Å². The number of aromatic amines is 1. The first-order chi connectivity index (χ1) is 14.6. The van der Waals surface area contributed by atoms with Crippen LogP contribution in [0.3, 0.4) is 0 Å². The van der Waals surface area contributed by atoms with E-state index >= 15 is 0 Å². The fourth-order valence-corrected chi connectivity index (χ4v) is 3.71. The summed E-state index contributed by atoms with van der Waals surface area (Å²) < 4.78 is 10.5. The van der Waals surface area contributed by atoms with Crippen molar-refractivity contribution in [3.8, 4) is 22.8 Å². The molecule has 156 valence electrons. The molecule has 1 aliphatic rings. The van der Waals surface area contributed by atoms with Gasteiger partial charge in [0.2, 0.25) is 0 Å². The predicted octanol–water partition coefficient (Wildman–Crippen LogP) is 3.76. The van der Waals surface area contributed by atoms with Crippen LogP contribution >= 0.6 is 11.6 Å². The second-order valence-corrected chi connectivity index (χ2v) is 7.55. The number of nitrogens with zero attached hydrogens (tertiary/aromatic N) is 2. The number of benzene rings is 2. The first-order valence-electron chi connectivity index (χ1n) is 9.66. The normalized spacial score (nSPS) is 15.8. The number of hydrogen-bond acceptors (Lipinski definition) is 5. The van der Waals surface area contributed by atoms with Crippen molar-refractivity contribution in [3.05, 3.63) is 59.1 Å². The highest BCUT2D eigenvalue weighted by atomic mass is 35.5. The highest BCUT2D eigenvalue weighted by Gasteiger charge is 2.27. The summed E-state index contributed by atoms with van der Waals surface area (Å²) in [6.07, 6.45) is 0.841. The SMILES string of the molecule is COc1ccc(C(=O)N[C@H]2CCN(c3cc(-c4ccc(Cl)cc4)[nH]n3)C2)c(OC)c1. The van der Waals surface area contributed by atoms with Crippen molar-refractivity contribution >= 4 is 23.3 Å². The lowest BCUT2D eigenvalue weighted by molar-refractivity contribution is 0.0937. The Morgan fingerprint density at radius 2 is 1.97 bits per heavy atom. The molecule has 8 heteroatoms. The van der Waals surface area contributed by atoms with Gasteiger partial charge in [0.15, 0.2) is 5.82 Å². The maximum atomic E-state index is 12.8. The van der Waals surface area contributed by atoms with Crippen LogP contribution < -0.4 is 19.7 Å². The third-order valence-electron chi connectivity index (χ3n) is 5.22. The average molecular weight is 427 g/mol. The Morgan fingerprint density at radius 1 is 1.17 bits per heavy atom. The van der Waals surface area contributed by atoms with Gasteiger partial charge >= 0.3 is 0 Å². The van der Waals surface area contributed by atoms with Crippen LogP contribution in [-0.4, -0.2) is 49.5 Å². The summed E-state index contributed by atoms with van der Waals surface area (Å²) in [5.74, 6) is 1.83. The van der Waals surface area contributed by atoms with Gasteiger partial charge in [0.25, 0.3) is 5.91 Å². The van der Waals surface area contributed by atoms with Crippen LogP contribution in [0.2, 0.25) is 5.02 Å². The van der Waals surface area contributed by atoms with E-state index in [4.69, 9.17) is 21.1 Å². The zero-order valence-corrected chi connectivity index (χ0v) is 17.6. The smallest absolute Gasteiger partial charge is 0.255 e. The Morgan fingerprint density at radius 3 is 2.70 bits per heavy atom. The molecule has 2 N–H and O–H groups in total. The Kier molecular flexibility index (Phi) is 5.81. The van der Waals surface area contributed by atoms with Gasteiger partial charge in [0.05, 0.1) is 25.5 Å². The van der Waals surface area contributed by atoms with Crippen LogP contribution in [0, 0.1) is 0 Å². The molecule has 4 rings (SSSR count). The zero-order valence-electron chi connectivity index (χ0n) is 16.8. The van der Waals surface area contributed by atoms with Crippen LogP contribution in [0.25, 0.3) is 11.3 Å². The summed E-state index contributed by atoms with van der Waals surface area (Å²) in [7, 11) is 3.12. The Balaban J connectivity index is 1.40. The van der Waals surface area contributed by atoms with Crippen molar-refractivity contribution in [2.75, 3.05) is 32.2 Å². The van der Waals surface area contributed by atoms with Crippen LogP contribution in [0.4, 0.5) is 5.82 Å². The van der Waals surface area contributed by atoms with Gasteiger partial charge in [0.1, 0.15) is 11.5 Å². The lowest BCUT2D eigenvalue weighted by atomic mass is 10.1.